The second-order valence-corrected chi connectivity index (χ2v) is 5.35. The Kier molecular flexibility index (Phi) is 4.74. The highest BCUT2D eigenvalue weighted by Crippen LogP contribution is 2.12. The molecule has 0 atom stereocenters. The SMILES string of the molecule is CN(C)CC(=O)N1CCN(C(=O)c2ncccc2N)CC1. The Bertz CT molecular complexity index is 524. The fourth-order valence-corrected chi connectivity index (χ4v) is 2.28. The van der Waals surface area contributed by atoms with Crippen molar-refractivity contribution in [1.82, 2.24) is 19.7 Å². The quantitative estimate of drug-likeness (QED) is 0.812. The van der Waals surface area contributed by atoms with Gasteiger partial charge in [0.25, 0.3) is 5.91 Å². The van der Waals surface area contributed by atoms with Gasteiger partial charge in [0.05, 0.1) is 12.2 Å². The molecule has 1 aromatic rings. The number of hydrogen-bond acceptors (Lipinski definition) is 5. The lowest BCUT2D eigenvalue weighted by molar-refractivity contribution is -0.133. The summed E-state index contributed by atoms with van der Waals surface area (Å²) in [6.07, 6.45) is 1.56. The van der Waals surface area contributed by atoms with Crippen molar-refractivity contribution in [1.29, 1.82) is 0 Å². The van der Waals surface area contributed by atoms with Gasteiger partial charge >= 0.3 is 0 Å². The highest BCUT2D eigenvalue weighted by atomic mass is 16.2. The van der Waals surface area contributed by atoms with E-state index < -0.39 is 0 Å². The summed E-state index contributed by atoms with van der Waals surface area (Å²) in [4.78, 5) is 33.7. The van der Waals surface area contributed by atoms with Crippen LogP contribution in [-0.2, 0) is 4.79 Å². The van der Waals surface area contributed by atoms with Gasteiger partial charge in [-0.05, 0) is 26.2 Å². The molecule has 0 aliphatic carbocycles. The molecule has 1 aromatic heterocycles. The number of piperazine rings is 1. The largest absolute Gasteiger partial charge is 0.397 e. The Morgan fingerprint density at radius 1 is 1.24 bits per heavy atom. The predicted octanol–water partition coefficient (Wildman–Crippen LogP) is -0.490. The molecule has 2 heterocycles. The standard InChI is InChI=1S/C14H21N5O2/c1-17(2)10-12(20)18-6-8-19(9-7-18)14(21)13-11(15)4-3-5-16-13/h3-5H,6-10,15H2,1-2H3. The van der Waals surface area contributed by atoms with Crippen LogP contribution < -0.4 is 5.73 Å². The molecule has 0 unspecified atom stereocenters. The third kappa shape index (κ3) is 3.69. The normalized spacial score (nSPS) is 15.4. The molecule has 7 nitrogen and oxygen atoms in total. The zero-order valence-electron chi connectivity index (χ0n) is 12.5. The molecule has 1 saturated heterocycles. The third-order valence-corrected chi connectivity index (χ3v) is 3.41. The van der Waals surface area contributed by atoms with E-state index in [2.05, 4.69) is 4.98 Å². The number of nitrogens with two attached hydrogens (primary N) is 1. The lowest BCUT2D eigenvalue weighted by atomic mass is 10.2. The smallest absolute Gasteiger partial charge is 0.274 e. The predicted molar refractivity (Wildman–Crippen MR) is 79.7 cm³/mol. The Morgan fingerprint density at radius 3 is 2.43 bits per heavy atom. The molecule has 1 aliphatic rings. The first-order valence-electron chi connectivity index (χ1n) is 6.91. The Morgan fingerprint density at radius 2 is 1.86 bits per heavy atom. The number of likely N-dealkylation sites (N-methyl/N-ethyl adjacent to an activating group) is 1. The summed E-state index contributed by atoms with van der Waals surface area (Å²) in [5, 5.41) is 0. The number of carbonyl (C=O) groups is 2. The summed E-state index contributed by atoms with van der Waals surface area (Å²) in [7, 11) is 3.73. The maximum absolute atomic E-state index is 12.3. The monoisotopic (exact) mass is 291 g/mol. The van der Waals surface area contributed by atoms with Crippen molar-refractivity contribution in [2.45, 2.75) is 0 Å². The van der Waals surface area contributed by atoms with Gasteiger partial charge in [0.2, 0.25) is 5.91 Å². The first-order chi connectivity index (χ1) is 9.99. The van der Waals surface area contributed by atoms with E-state index in [1.807, 2.05) is 19.0 Å². The average molecular weight is 291 g/mol. The number of anilines is 1. The molecule has 21 heavy (non-hydrogen) atoms. The van der Waals surface area contributed by atoms with E-state index >= 15 is 0 Å². The highest BCUT2D eigenvalue weighted by molar-refractivity contribution is 5.97. The molecule has 2 N–H and O–H groups in total. The summed E-state index contributed by atoms with van der Waals surface area (Å²) in [6.45, 7) is 2.50. The maximum Gasteiger partial charge on any atom is 0.274 e. The van der Waals surface area contributed by atoms with Crippen LogP contribution in [0, 0.1) is 0 Å². The molecule has 0 spiro atoms. The Labute approximate surface area is 124 Å². The van der Waals surface area contributed by atoms with Gasteiger partial charge < -0.3 is 20.4 Å². The van der Waals surface area contributed by atoms with Crippen LogP contribution in [0.1, 0.15) is 10.5 Å². The summed E-state index contributed by atoms with van der Waals surface area (Å²) < 4.78 is 0. The summed E-state index contributed by atoms with van der Waals surface area (Å²) in [6, 6.07) is 3.36. The fourth-order valence-electron chi connectivity index (χ4n) is 2.28. The molecule has 0 saturated carbocycles. The first-order valence-corrected chi connectivity index (χ1v) is 6.91. The minimum atomic E-state index is -0.173. The third-order valence-electron chi connectivity index (χ3n) is 3.41. The van der Waals surface area contributed by atoms with Gasteiger partial charge in [-0.1, -0.05) is 0 Å². The van der Waals surface area contributed by atoms with Crippen molar-refractivity contribution in [3.8, 4) is 0 Å². The van der Waals surface area contributed by atoms with Crippen molar-refractivity contribution in [2.24, 2.45) is 0 Å². The van der Waals surface area contributed by atoms with Gasteiger partial charge in [-0.25, -0.2) is 4.98 Å². The van der Waals surface area contributed by atoms with Crippen molar-refractivity contribution in [2.75, 3.05) is 52.6 Å². The van der Waals surface area contributed by atoms with Crippen LogP contribution in [0.5, 0.6) is 0 Å². The summed E-state index contributed by atoms with van der Waals surface area (Å²) in [5.74, 6) is -0.0859. The van der Waals surface area contributed by atoms with Crippen LogP contribution in [0.3, 0.4) is 0 Å². The molecule has 1 aliphatic heterocycles. The molecule has 114 valence electrons. The molecule has 2 rings (SSSR count). The van der Waals surface area contributed by atoms with Gasteiger partial charge in [0.15, 0.2) is 5.69 Å². The minimum absolute atomic E-state index is 0.0875. The van der Waals surface area contributed by atoms with Crippen LogP contribution in [0.2, 0.25) is 0 Å². The van der Waals surface area contributed by atoms with Crippen molar-refractivity contribution in [3.05, 3.63) is 24.0 Å². The molecule has 0 radical (unpaired) electrons. The van der Waals surface area contributed by atoms with Gasteiger partial charge in [-0.3, -0.25) is 9.59 Å². The van der Waals surface area contributed by atoms with Gasteiger partial charge in [0, 0.05) is 32.4 Å². The zero-order chi connectivity index (χ0) is 15.4. The number of nitrogens with zero attached hydrogens (tertiary/aromatic N) is 4. The number of pyridine rings is 1. The molecule has 0 aromatic carbocycles. The molecule has 2 amide bonds. The number of rotatable bonds is 3. The van der Waals surface area contributed by atoms with E-state index in [9.17, 15) is 9.59 Å². The van der Waals surface area contributed by atoms with Crippen molar-refractivity contribution in [3.63, 3.8) is 0 Å². The summed E-state index contributed by atoms with van der Waals surface area (Å²) >= 11 is 0. The summed E-state index contributed by atoms with van der Waals surface area (Å²) in [5.41, 5.74) is 6.44. The van der Waals surface area contributed by atoms with E-state index in [0.717, 1.165) is 0 Å². The number of amides is 2. The molecule has 1 fully saturated rings. The van der Waals surface area contributed by atoms with Crippen LogP contribution in [0.4, 0.5) is 5.69 Å². The van der Waals surface area contributed by atoms with E-state index in [1.165, 1.54) is 0 Å². The van der Waals surface area contributed by atoms with Crippen LogP contribution in [0.25, 0.3) is 0 Å². The number of nitrogen functional groups attached to an aromatic ring is 1. The fraction of sp³-hybridized carbons (Fsp3) is 0.500. The zero-order valence-corrected chi connectivity index (χ0v) is 12.5. The molecule has 0 bridgehead atoms. The van der Waals surface area contributed by atoms with Crippen LogP contribution >= 0.6 is 0 Å². The van der Waals surface area contributed by atoms with Gasteiger partial charge in [-0.2, -0.15) is 0 Å². The maximum atomic E-state index is 12.3. The second kappa shape index (κ2) is 6.53. The Hall–Kier alpha value is -2.15. The van der Waals surface area contributed by atoms with E-state index in [1.54, 1.807) is 28.1 Å². The molecular formula is C14H21N5O2. The van der Waals surface area contributed by atoms with E-state index in [-0.39, 0.29) is 17.5 Å². The first kappa shape index (κ1) is 15.2. The van der Waals surface area contributed by atoms with Crippen LogP contribution in [0.15, 0.2) is 18.3 Å². The van der Waals surface area contributed by atoms with Crippen molar-refractivity contribution >= 4 is 17.5 Å². The lowest BCUT2D eigenvalue weighted by Gasteiger charge is -2.35. The molecular weight excluding hydrogens is 270 g/mol. The van der Waals surface area contributed by atoms with Gasteiger partial charge in [0.1, 0.15) is 0 Å². The highest BCUT2D eigenvalue weighted by Gasteiger charge is 2.26. The Balaban J connectivity index is 1.94. The average Bonchev–Trinajstić information content (AvgIpc) is 2.46. The van der Waals surface area contributed by atoms with E-state index in [4.69, 9.17) is 5.73 Å². The topological polar surface area (TPSA) is 82.8 Å². The van der Waals surface area contributed by atoms with Crippen LogP contribution in [-0.4, -0.2) is 78.3 Å². The minimum Gasteiger partial charge on any atom is -0.397 e. The second-order valence-electron chi connectivity index (χ2n) is 5.35. The number of aromatic nitrogens is 1. The van der Waals surface area contributed by atoms with Gasteiger partial charge in [-0.15, -0.1) is 0 Å². The van der Waals surface area contributed by atoms with Crippen molar-refractivity contribution < 1.29 is 9.59 Å². The lowest BCUT2D eigenvalue weighted by Crippen LogP contribution is -2.52. The van der Waals surface area contributed by atoms with E-state index in [0.29, 0.717) is 38.4 Å². The molecule has 7 heteroatoms. The number of hydrogen-bond donors (Lipinski definition) is 1. The number of carbonyl (C=O) groups excluding carboxylic acids is 2.